The Balaban J connectivity index is 0. The van der Waals surface area contributed by atoms with Crippen molar-refractivity contribution in [2.75, 3.05) is 0 Å². The van der Waals surface area contributed by atoms with Crippen molar-refractivity contribution in [3.63, 3.8) is 0 Å². The predicted octanol–water partition coefficient (Wildman–Crippen LogP) is 3.79. The fourth-order valence-electron chi connectivity index (χ4n) is 1.13. The number of hydrogen-bond acceptors (Lipinski definition) is 1. The Morgan fingerprint density at radius 2 is 1.06 bits per heavy atom. The van der Waals surface area contributed by atoms with Crippen LogP contribution in [0.1, 0.15) is 26.7 Å². The second kappa shape index (κ2) is 7.91. The first kappa shape index (κ1) is 19.9. The zero-order valence-corrected chi connectivity index (χ0v) is 10.5. The maximum atomic E-state index is 11.8. The highest BCUT2D eigenvalue weighted by Crippen LogP contribution is 2.34. The molecule has 2 unspecified atom stereocenters. The number of rotatable bonds is 3. The normalized spacial score (nSPS) is 15.4. The molecule has 0 amide bonds. The molecule has 0 radical (unpaired) electrons. The van der Waals surface area contributed by atoms with Gasteiger partial charge in [-0.3, -0.25) is 0 Å². The van der Waals surface area contributed by atoms with Crippen LogP contribution in [0.25, 0.3) is 0 Å². The molecule has 0 aliphatic heterocycles. The van der Waals surface area contributed by atoms with Gasteiger partial charge in [-0.25, -0.2) is 0 Å². The summed E-state index contributed by atoms with van der Waals surface area (Å²) in [5.41, 5.74) is 0. The first-order chi connectivity index (χ1) is 7.74. The van der Waals surface area contributed by atoms with Crippen molar-refractivity contribution in [2.45, 2.75) is 39.0 Å². The minimum Gasteiger partial charge on any atom is -0.171 e. The van der Waals surface area contributed by atoms with Gasteiger partial charge in [-0.1, -0.05) is 13.8 Å². The lowest BCUT2D eigenvalue weighted by Gasteiger charge is -2.22. The van der Waals surface area contributed by atoms with Gasteiger partial charge in [-0.2, -0.15) is 26.3 Å². The highest BCUT2D eigenvalue weighted by atomic mass is 31.1. The largest absolute Gasteiger partial charge is 0.692 e. The van der Waals surface area contributed by atoms with Gasteiger partial charge in [0.1, 0.15) is 0 Å². The van der Waals surface area contributed by atoms with Crippen LogP contribution in [0.4, 0.5) is 26.3 Å². The quantitative estimate of drug-likeness (QED) is 0.616. The monoisotopic (exact) mass is 303 g/mol. The molecular weight excluding hydrogens is 289 g/mol. The third-order valence-electron chi connectivity index (χ3n) is 2.08. The molecule has 0 aromatic rings. The molecule has 0 fully saturated rings. The van der Waals surface area contributed by atoms with Crippen LogP contribution >= 0.6 is 8.25 Å². The van der Waals surface area contributed by atoms with Gasteiger partial charge < -0.3 is 0 Å². The van der Waals surface area contributed by atoms with Crippen LogP contribution < -0.4 is 0 Å². The van der Waals surface area contributed by atoms with Crippen molar-refractivity contribution in [1.82, 2.24) is 0 Å². The second-order valence-corrected chi connectivity index (χ2v) is 4.35. The summed E-state index contributed by atoms with van der Waals surface area (Å²) >= 11 is 0. The number of alkyl halides is 6. The summed E-state index contributed by atoms with van der Waals surface area (Å²) in [6.07, 6.45) is -11.1. The summed E-state index contributed by atoms with van der Waals surface area (Å²) in [6.45, 7) is 2.37. The SMILES string of the molecule is CC(CC(F)(F)F)C(C)CC(F)(F)F.O=[P+](O)O. The van der Waals surface area contributed by atoms with E-state index < -0.39 is 45.3 Å². The van der Waals surface area contributed by atoms with Crippen LogP contribution in [0.3, 0.4) is 0 Å². The van der Waals surface area contributed by atoms with Crippen LogP contribution in [0, 0.1) is 11.8 Å². The highest BCUT2D eigenvalue weighted by Gasteiger charge is 2.36. The lowest BCUT2D eigenvalue weighted by atomic mass is 9.90. The van der Waals surface area contributed by atoms with Crippen molar-refractivity contribution in [3.05, 3.63) is 0 Å². The molecule has 0 saturated heterocycles. The molecule has 110 valence electrons. The van der Waals surface area contributed by atoms with E-state index in [-0.39, 0.29) is 0 Å². The molecule has 2 N–H and O–H groups in total. The molecule has 0 aromatic carbocycles. The van der Waals surface area contributed by atoms with E-state index in [2.05, 4.69) is 0 Å². The summed E-state index contributed by atoms with van der Waals surface area (Å²) < 4.78 is 79.6. The zero-order valence-electron chi connectivity index (χ0n) is 9.59. The van der Waals surface area contributed by atoms with Crippen LogP contribution in [-0.4, -0.2) is 22.1 Å². The molecule has 0 heterocycles. The van der Waals surface area contributed by atoms with E-state index in [1.807, 2.05) is 0 Å². The Morgan fingerprint density at radius 1 is 0.889 bits per heavy atom. The van der Waals surface area contributed by atoms with Gasteiger partial charge in [0, 0.05) is 17.4 Å². The lowest BCUT2D eigenvalue weighted by Crippen LogP contribution is -2.22. The number of hydrogen-bond donors (Lipinski definition) is 2. The molecule has 0 aromatic heterocycles. The summed E-state index contributed by atoms with van der Waals surface area (Å²) in [5, 5.41) is 0. The third kappa shape index (κ3) is 18.0. The molecule has 3 nitrogen and oxygen atoms in total. The average molecular weight is 303 g/mol. The summed E-state index contributed by atoms with van der Waals surface area (Å²) in [7, 11) is -2.87. The smallest absolute Gasteiger partial charge is 0.171 e. The summed E-state index contributed by atoms with van der Waals surface area (Å²) in [4.78, 5) is 14.2. The van der Waals surface area contributed by atoms with Crippen molar-refractivity contribution < 1.29 is 40.7 Å². The summed E-state index contributed by atoms with van der Waals surface area (Å²) in [6, 6.07) is 0. The Morgan fingerprint density at radius 3 is 1.17 bits per heavy atom. The van der Waals surface area contributed by atoms with E-state index in [1.165, 1.54) is 13.8 Å². The van der Waals surface area contributed by atoms with E-state index in [1.54, 1.807) is 0 Å². The van der Waals surface area contributed by atoms with Gasteiger partial charge >= 0.3 is 20.6 Å². The minimum absolute atomic E-state index is 1.00. The van der Waals surface area contributed by atoms with Gasteiger partial charge in [-0.05, 0) is 11.8 Å². The Kier molecular flexibility index (Phi) is 8.76. The first-order valence-electron chi connectivity index (χ1n) is 4.73. The molecule has 18 heavy (non-hydrogen) atoms. The Labute approximate surface area is 101 Å². The molecule has 10 heteroatoms. The van der Waals surface area contributed by atoms with Crippen LogP contribution in [0.15, 0.2) is 0 Å². The van der Waals surface area contributed by atoms with Gasteiger partial charge in [0.05, 0.1) is 0 Å². The molecule has 0 bridgehead atoms. The van der Waals surface area contributed by atoms with Gasteiger partial charge in [-0.15, -0.1) is 9.79 Å². The van der Waals surface area contributed by atoms with Crippen molar-refractivity contribution in [3.8, 4) is 0 Å². The fourth-order valence-corrected chi connectivity index (χ4v) is 1.13. The maximum absolute atomic E-state index is 11.8. The van der Waals surface area contributed by atoms with Crippen LogP contribution in [0.5, 0.6) is 0 Å². The molecule has 0 rings (SSSR count). The van der Waals surface area contributed by atoms with Crippen LogP contribution in [-0.2, 0) is 4.57 Å². The minimum atomic E-state index is -4.39. The van der Waals surface area contributed by atoms with Gasteiger partial charge in [0.25, 0.3) is 0 Å². The topological polar surface area (TPSA) is 57.5 Å². The van der Waals surface area contributed by atoms with Gasteiger partial charge in [0.15, 0.2) is 0 Å². The molecule has 0 saturated carbocycles. The summed E-state index contributed by atoms with van der Waals surface area (Å²) in [5.74, 6) is -2.01. The lowest BCUT2D eigenvalue weighted by molar-refractivity contribution is -0.164. The average Bonchev–Trinajstić information content (AvgIpc) is 1.95. The predicted molar refractivity (Wildman–Crippen MR) is 51.7 cm³/mol. The van der Waals surface area contributed by atoms with Crippen molar-refractivity contribution in [2.24, 2.45) is 11.8 Å². The van der Waals surface area contributed by atoms with E-state index in [9.17, 15) is 26.3 Å². The Bertz CT molecular complexity index is 228. The molecule has 2 atom stereocenters. The maximum Gasteiger partial charge on any atom is 0.692 e. The Hall–Kier alpha value is -0.400. The zero-order chi connectivity index (χ0) is 15.1. The number of halogens is 6. The molecule has 0 spiro atoms. The van der Waals surface area contributed by atoms with Crippen molar-refractivity contribution >= 4 is 8.25 Å². The van der Waals surface area contributed by atoms with Crippen molar-refractivity contribution in [1.29, 1.82) is 0 Å². The first-order valence-corrected chi connectivity index (χ1v) is 5.89. The van der Waals surface area contributed by atoms with E-state index in [0.29, 0.717) is 0 Å². The highest BCUT2D eigenvalue weighted by molar-refractivity contribution is 7.30. The van der Waals surface area contributed by atoms with E-state index in [0.717, 1.165) is 0 Å². The fraction of sp³-hybridized carbons (Fsp3) is 1.00. The third-order valence-corrected chi connectivity index (χ3v) is 2.08. The molecular formula is C8H14F6O3P+. The van der Waals surface area contributed by atoms with Crippen LogP contribution in [0.2, 0.25) is 0 Å². The molecule has 0 aliphatic rings. The second-order valence-electron chi connectivity index (χ2n) is 3.85. The molecule has 0 aliphatic carbocycles. The van der Waals surface area contributed by atoms with E-state index >= 15 is 0 Å². The van der Waals surface area contributed by atoms with Gasteiger partial charge in [0.2, 0.25) is 0 Å². The standard InChI is InChI=1S/C8H12F6.HO3P/c1-5(3-7(9,10)11)6(2)4-8(12,13)14;1-4(2)3/h5-6H,3-4H2,1-2H3;(H-,1,2,3)/p+1. The van der Waals surface area contributed by atoms with E-state index in [4.69, 9.17) is 14.4 Å².